The average Bonchev–Trinajstić information content (AvgIpc) is 2.69. The zero-order chi connectivity index (χ0) is 23.0. The average molecular weight is 462 g/mol. The molecule has 0 aliphatic heterocycles. The molecule has 1 heterocycles. The molecule has 0 saturated heterocycles. The van der Waals surface area contributed by atoms with E-state index in [1.807, 2.05) is 0 Å². The molecule has 0 aliphatic carbocycles. The summed E-state index contributed by atoms with van der Waals surface area (Å²) < 4.78 is 59.9. The molecule has 10 heteroatoms. The van der Waals surface area contributed by atoms with Gasteiger partial charge in [0.05, 0.1) is 25.2 Å². The van der Waals surface area contributed by atoms with Crippen molar-refractivity contribution in [1.82, 2.24) is 4.98 Å². The smallest absolute Gasteiger partial charge is 0.417 e. The molecule has 0 radical (unpaired) electrons. The normalized spacial score (nSPS) is 12.4. The van der Waals surface area contributed by atoms with Crippen LogP contribution in [-0.2, 0) is 20.4 Å². The highest BCUT2D eigenvalue weighted by molar-refractivity contribution is 6.31. The number of alkyl halides is 3. The fraction of sp³-hybridized carbons (Fsp3) is 0.429. The van der Waals surface area contributed by atoms with Gasteiger partial charge in [-0.25, -0.2) is 4.98 Å². The molecule has 0 saturated carbocycles. The van der Waals surface area contributed by atoms with Crippen LogP contribution in [0.4, 0.5) is 13.2 Å². The Morgan fingerprint density at radius 1 is 1.23 bits per heavy atom. The first-order chi connectivity index (χ1) is 14.7. The van der Waals surface area contributed by atoms with Gasteiger partial charge >= 0.3 is 12.1 Å². The van der Waals surface area contributed by atoms with E-state index in [4.69, 9.17) is 30.5 Å². The minimum Gasteiger partial charge on any atom is -0.491 e. The summed E-state index contributed by atoms with van der Waals surface area (Å²) in [6.07, 6.45) is -3.85. The van der Waals surface area contributed by atoms with Gasteiger partial charge in [0.25, 0.3) is 0 Å². The number of esters is 1. The van der Waals surface area contributed by atoms with Gasteiger partial charge in [0.1, 0.15) is 23.1 Å². The minimum absolute atomic E-state index is 0.0856. The van der Waals surface area contributed by atoms with Crippen molar-refractivity contribution < 1.29 is 36.9 Å². The highest BCUT2D eigenvalue weighted by Gasteiger charge is 2.32. The SMILES string of the molecule is CCOC(=O)CC(C)c1ccc(OCCOC)cc1Oc1ncc(C(F)(F)F)cc1Cl. The standard InChI is InChI=1S/C21H23ClF3NO5/c1-4-29-19(27)9-13(2)16-6-5-15(30-8-7-28-3)11-18(16)31-20-17(22)10-14(12-26-20)21(23,24)25/h5-6,10-13H,4,7-9H2,1-3H3. The molecule has 6 nitrogen and oxygen atoms in total. The first kappa shape index (κ1) is 24.7. The third-order valence-corrected chi connectivity index (χ3v) is 4.46. The summed E-state index contributed by atoms with van der Waals surface area (Å²) in [5.74, 6) is -0.196. The predicted molar refractivity (Wildman–Crippen MR) is 108 cm³/mol. The van der Waals surface area contributed by atoms with E-state index in [1.165, 1.54) is 7.11 Å². The maximum Gasteiger partial charge on any atom is 0.417 e. The topological polar surface area (TPSA) is 66.9 Å². The van der Waals surface area contributed by atoms with Crippen LogP contribution in [0, 0.1) is 0 Å². The first-order valence-electron chi connectivity index (χ1n) is 9.47. The monoisotopic (exact) mass is 461 g/mol. The molecular formula is C21H23ClF3NO5. The van der Waals surface area contributed by atoms with Gasteiger partial charge in [-0.3, -0.25) is 4.79 Å². The number of hydrogen-bond donors (Lipinski definition) is 0. The molecule has 1 aromatic heterocycles. The minimum atomic E-state index is -4.58. The lowest BCUT2D eigenvalue weighted by molar-refractivity contribution is -0.143. The van der Waals surface area contributed by atoms with Gasteiger partial charge in [-0.15, -0.1) is 0 Å². The molecule has 0 aliphatic rings. The van der Waals surface area contributed by atoms with Gasteiger partial charge in [0.2, 0.25) is 5.88 Å². The Morgan fingerprint density at radius 2 is 1.97 bits per heavy atom. The van der Waals surface area contributed by atoms with Crippen LogP contribution in [0.1, 0.15) is 37.3 Å². The van der Waals surface area contributed by atoms with Crippen molar-refractivity contribution in [2.24, 2.45) is 0 Å². The Bertz CT molecular complexity index is 892. The number of methoxy groups -OCH3 is 1. The molecule has 0 spiro atoms. The van der Waals surface area contributed by atoms with Crippen LogP contribution >= 0.6 is 11.6 Å². The van der Waals surface area contributed by atoms with Crippen LogP contribution in [0.3, 0.4) is 0 Å². The number of pyridine rings is 1. The fourth-order valence-corrected chi connectivity index (χ4v) is 2.89. The van der Waals surface area contributed by atoms with E-state index < -0.39 is 11.7 Å². The van der Waals surface area contributed by atoms with Crippen LogP contribution in [0.5, 0.6) is 17.4 Å². The lowest BCUT2D eigenvalue weighted by atomic mass is 9.96. The summed E-state index contributed by atoms with van der Waals surface area (Å²) in [5.41, 5.74) is -0.373. The Balaban J connectivity index is 2.34. The van der Waals surface area contributed by atoms with E-state index in [9.17, 15) is 18.0 Å². The molecule has 2 aromatic rings. The number of carbonyl (C=O) groups is 1. The molecule has 0 amide bonds. The van der Waals surface area contributed by atoms with Gasteiger partial charge in [-0.1, -0.05) is 24.6 Å². The molecule has 0 N–H and O–H groups in total. The van der Waals surface area contributed by atoms with E-state index in [2.05, 4.69) is 4.98 Å². The van der Waals surface area contributed by atoms with Gasteiger partial charge < -0.3 is 18.9 Å². The first-order valence-corrected chi connectivity index (χ1v) is 9.85. The van der Waals surface area contributed by atoms with E-state index in [-0.39, 0.29) is 48.2 Å². The van der Waals surface area contributed by atoms with E-state index in [0.29, 0.717) is 24.1 Å². The van der Waals surface area contributed by atoms with Crippen molar-refractivity contribution in [3.8, 4) is 17.4 Å². The Kier molecular flexibility index (Phi) is 8.94. The molecule has 0 fully saturated rings. The maximum atomic E-state index is 12.9. The molecular weight excluding hydrogens is 439 g/mol. The second-order valence-corrected chi connectivity index (χ2v) is 6.97. The second kappa shape index (κ2) is 11.2. The molecule has 31 heavy (non-hydrogen) atoms. The number of ether oxygens (including phenoxy) is 4. The molecule has 0 bridgehead atoms. The molecule has 1 unspecified atom stereocenters. The number of rotatable bonds is 10. The summed E-state index contributed by atoms with van der Waals surface area (Å²) in [7, 11) is 1.54. The van der Waals surface area contributed by atoms with E-state index in [0.717, 1.165) is 6.07 Å². The number of halogens is 4. The second-order valence-electron chi connectivity index (χ2n) is 6.56. The Hall–Kier alpha value is -2.52. The number of carbonyl (C=O) groups excluding carboxylic acids is 1. The number of hydrogen-bond acceptors (Lipinski definition) is 6. The van der Waals surface area contributed by atoms with Crippen molar-refractivity contribution in [2.75, 3.05) is 26.9 Å². The predicted octanol–water partition coefficient (Wildman–Crippen LogP) is 5.63. The van der Waals surface area contributed by atoms with Crippen molar-refractivity contribution in [3.05, 3.63) is 46.6 Å². The summed E-state index contributed by atoms with van der Waals surface area (Å²) in [5, 5.41) is -0.301. The van der Waals surface area contributed by atoms with Gasteiger partial charge in [-0.05, 0) is 30.5 Å². The highest BCUT2D eigenvalue weighted by Crippen LogP contribution is 2.38. The van der Waals surface area contributed by atoms with Crippen molar-refractivity contribution >= 4 is 17.6 Å². The van der Waals surface area contributed by atoms with Crippen molar-refractivity contribution in [3.63, 3.8) is 0 Å². The van der Waals surface area contributed by atoms with E-state index >= 15 is 0 Å². The highest BCUT2D eigenvalue weighted by atomic mass is 35.5. The Labute approximate surface area is 183 Å². The quantitative estimate of drug-likeness (QED) is 0.337. The van der Waals surface area contributed by atoms with Crippen molar-refractivity contribution in [1.29, 1.82) is 0 Å². The third kappa shape index (κ3) is 7.29. The lowest BCUT2D eigenvalue weighted by Gasteiger charge is -2.18. The summed E-state index contributed by atoms with van der Waals surface area (Å²) in [6.45, 7) is 4.41. The number of nitrogens with zero attached hydrogens (tertiary/aromatic N) is 1. The van der Waals surface area contributed by atoms with Gasteiger partial charge in [0.15, 0.2) is 0 Å². The fourth-order valence-electron chi connectivity index (χ4n) is 2.68. The van der Waals surface area contributed by atoms with Crippen LogP contribution < -0.4 is 9.47 Å². The van der Waals surface area contributed by atoms with Gasteiger partial charge in [0, 0.05) is 19.4 Å². The number of aromatic nitrogens is 1. The van der Waals surface area contributed by atoms with Crippen LogP contribution in [0.25, 0.3) is 0 Å². The largest absolute Gasteiger partial charge is 0.491 e. The lowest BCUT2D eigenvalue weighted by Crippen LogP contribution is -2.10. The number of benzene rings is 1. The zero-order valence-electron chi connectivity index (χ0n) is 17.3. The zero-order valence-corrected chi connectivity index (χ0v) is 18.0. The Morgan fingerprint density at radius 3 is 2.58 bits per heavy atom. The van der Waals surface area contributed by atoms with Crippen molar-refractivity contribution in [2.45, 2.75) is 32.4 Å². The van der Waals surface area contributed by atoms with Crippen LogP contribution in [-0.4, -0.2) is 37.9 Å². The molecule has 1 aromatic carbocycles. The summed E-state index contributed by atoms with van der Waals surface area (Å²) >= 11 is 5.98. The molecule has 170 valence electrons. The van der Waals surface area contributed by atoms with Crippen LogP contribution in [0.15, 0.2) is 30.5 Å². The van der Waals surface area contributed by atoms with E-state index in [1.54, 1.807) is 32.0 Å². The molecule has 1 atom stereocenters. The summed E-state index contributed by atoms with van der Waals surface area (Å²) in [4.78, 5) is 15.6. The van der Waals surface area contributed by atoms with Crippen LogP contribution in [0.2, 0.25) is 5.02 Å². The summed E-state index contributed by atoms with van der Waals surface area (Å²) in [6, 6.07) is 5.70. The van der Waals surface area contributed by atoms with Gasteiger partial charge in [-0.2, -0.15) is 13.2 Å². The maximum absolute atomic E-state index is 12.9. The molecule has 2 rings (SSSR count). The third-order valence-electron chi connectivity index (χ3n) is 4.19.